The fourth-order valence-electron chi connectivity index (χ4n) is 4.51. The highest BCUT2D eigenvalue weighted by molar-refractivity contribution is 8.17. The molecule has 33 heavy (non-hydrogen) atoms. The normalized spacial score (nSPS) is 23.4. The predicted octanol–water partition coefficient (Wildman–Crippen LogP) is 7.72. The van der Waals surface area contributed by atoms with Crippen molar-refractivity contribution in [2.45, 2.75) is 140 Å². The van der Waals surface area contributed by atoms with Crippen LogP contribution in [0.4, 0.5) is 0 Å². The maximum atomic E-state index is 6.49. The quantitative estimate of drug-likeness (QED) is 0.0968. The maximum Gasteiger partial charge on any atom is 0.457 e. The topological polar surface area (TPSA) is 36.9 Å². The molecule has 3 atom stereocenters. The predicted molar refractivity (Wildman–Crippen MR) is 148 cm³/mol. The molecule has 0 spiro atoms. The van der Waals surface area contributed by atoms with Gasteiger partial charge in [-0.2, -0.15) is 0 Å². The van der Waals surface area contributed by atoms with Crippen LogP contribution in [0.2, 0.25) is 12.6 Å². The molecule has 0 radical (unpaired) electrons. The Balaban J connectivity index is 1.87. The molecule has 2 aliphatic rings. The minimum atomic E-state index is -0.115. The zero-order chi connectivity index (χ0) is 23.7. The largest absolute Gasteiger partial charge is 0.457 e. The molecule has 0 aromatic rings. The summed E-state index contributed by atoms with van der Waals surface area (Å²) in [6, 6.07) is 0. The van der Waals surface area contributed by atoms with Crippen molar-refractivity contribution in [3.63, 3.8) is 0 Å². The Labute approximate surface area is 214 Å². The Kier molecular flexibility index (Phi) is 17.1. The van der Waals surface area contributed by atoms with E-state index < -0.39 is 0 Å². The Hall–Kier alpha value is 0.670. The molecule has 2 heterocycles. The van der Waals surface area contributed by atoms with Crippen molar-refractivity contribution in [1.29, 1.82) is 0 Å². The molecule has 0 amide bonds. The number of hydrogen-bond donors (Lipinski definition) is 0. The van der Waals surface area contributed by atoms with Crippen molar-refractivity contribution in [3.05, 3.63) is 0 Å². The first-order chi connectivity index (χ1) is 16.2. The van der Waals surface area contributed by atoms with Crippen LogP contribution in [0.1, 0.15) is 105 Å². The van der Waals surface area contributed by atoms with Crippen molar-refractivity contribution in [1.82, 2.24) is 0 Å². The summed E-state index contributed by atoms with van der Waals surface area (Å²) in [5, 5.41) is 0. The minimum absolute atomic E-state index is 0.0108. The van der Waals surface area contributed by atoms with E-state index in [1.54, 1.807) is 0 Å². The van der Waals surface area contributed by atoms with Gasteiger partial charge in [0, 0.05) is 0 Å². The molecule has 8 heteroatoms. The van der Waals surface area contributed by atoms with Gasteiger partial charge in [-0.05, 0) is 37.0 Å². The number of rotatable bonds is 20. The fourth-order valence-corrected chi connectivity index (χ4v) is 7.50. The molecule has 0 aromatic carbocycles. The van der Waals surface area contributed by atoms with E-state index in [4.69, 9.17) is 18.6 Å². The molecule has 2 saturated heterocycles. The van der Waals surface area contributed by atoms with E-state index in [2.05, 4.69) is 51.2 Å². The van der Waals surface area contributed by atoms with Crippen molar-refractivity contribution in [2.24, 2.45) is 0 Å². The van der Waals surface area contributed by atoms with Crippen LogP contribution in [0.3, 0.4) is 0 Å². The molecule has 0 N–H and O–H groups in total. The Morgan fingerprint density at radius 1 is 0.667 bits per heavy atom. The summed E-state index contributed by atoms with van der Waals surface area (Å²) in [6.07, 6.45) is 18.0. The second-order valence-corrected chi connectivity index (χ2v) is 12.3. The molecule has 0 aromatic heterocycles. The minimum Gasteiger partial charge on any atom is -0.408 e. The SMILES string of the molecule is CCCCCCCCSC(SCCCCCCCC)C1OB(CC)OC1C1COB(CC)O1. The zero-order valence-corrected chi connectivity index (χ0v) is 23.6. The molecule has 0 aliphatic carbocycles. The lowest BCUT2D eigenvalue weighted by molar-refractivity contribution is 0.0506. The van der Waals surface area contributed by atoms with Crippen molar-refractivity contribution in [3.8, 4) is 0 Å². The van der Waals surface area contributed by atoms with Gasteiger partial charge in [0.25, 0.3) is 0 Å². The lowest BCUT2D eigenvalue weighted by Gasteiger charge is -2.29. The molecule has 3 unspecified atom stereocenters. The molecule has 4 nitrogen and oxygen atoms in total. The summed E-state index contributed by atoms with van der Waals surface area (Å²) in [5.41, 5.74) is 0. The van der Waals surface area contributed by atoms with E-state index in [1.807, 2.05) is 0 Å². The van der Waals surface area contributed by atoms with Crippen LogP contribution >= 0.6 is 23.5 Å². The third-order valence-electron chi connectivity index (χ3n) is 6.58. The van der Waals surface area contributed by atoms with Gasteiger partial charge in [0.1, 0.15) is 0 Å². The van der Waals surface area contributed by atoms with Crippen molar-refractivity contribution >= 4 is 37.8 Å². The first-order valence-corrected chi connectivity index (χ1v) is 16.1. The third kappa shape index (κ3) is 11.5. The smallest absolute Gasteiger partial charge is 0.408 e. The highest BCUT2D eigenvalue weighted by atomic mass is 32.2. The van der Waals surface area contributed by atoms with Crippen LogP contribution in [0.5, 0.6) is 0 Å². The lowest BCUT2D eigenvalue weighted by Crippen LogP contribution is -2.42. The van der Waals surface area contributed by atoms with Crippen molar-refractivity contribution in [2.75, 3.05) is 18.1 Å². The Morgan fingerprint density at radius 2 is 1.21 bits per heavy atom. The molecule has 2 aliphatic heterocycles. The van der Waals surface area contributed by atoms with Crippen LogP contribution in [0.25, 0.3) is 0 Å². The third-order valence-corrected chi connectivity index (χ3v) is 9.63. The van der Waals surface area contributed by atoms with Gasteiger partial charge in [-0.1, -0.05) is 91.9 Å². The second-order valence-electron chi connectivity index (χ2n) is 9.53. The van der Waals surface area contributed by atoms with Gasteiger partial charge >= 0.3 is 14.2 Å². The molecule has 192 valence electrons. The van der Waals surface area contributed by atoms with Crippen molar-refractivity contribution < 1.29 is 18.6 Å². The maximum absolute atomic E-state index is 6.49. The van der Waals surface area contributed by atoms with Gasteiger partial charge in [0.2, 0.25) is 0 Å². The first-order valence-electron chi connectivity index (χ1n) is 14.0. The monoisotopic (exact) mass is 500 g/mol. The van der Waals surface area contributed by atoms with Gasteiger partial charge in [-0.15, -0.1) is 23.5 Å². The van der Waals surface area contributed by atoms with Gasteiger partial charge in [-0.25, -0.2) is 0 Å². The molecular formula is C25H50B2O4S2. The van der Waals surface area contributed by atoms with Crippen LogP contribution in [-0.2, 0) is 18.6 Å². The van der Waals surface area contributed by atoms with Gasteiger partial charge in [0.05, 0.1) is 29.5 Å². The summed E-state index contributed by atoms with van der Waals surface area (Å²) in [7, 11) is -0.207. The zero-order valence-electron chi connectivity index (χ0n) is 21.9. The van der Waals surface area contributed by atoms with E-state index in [0.29, 0.717) is 11.2 Å². The average Bonchev–Trinajstić information content (AvgIpc) is 3.48. The lowest BCUT2D eigenvalue weighted by atomic mass is 9.86. The summed E-state index contributed by atoms with van der Waals surface area (Å²) in [5.74, 6) is 2.42. The van der Waals surface area contributed by atoms with Crippen LogP contribution in [0.15, 0.2) is 0 Å². The van der Waals surface area contributed by atoms with E-state index >= 15 is 0 Å². The Morgan fingerprint density at radius 3 is 1.73 bits per heavy atom. The van der Waals surface area contributed by atoms with E-state index in [-0.39, 0.29) is 32.5 Å². The van der Waals surface area contributed by atoms with E-state index in [0.717, 1.165) is 12.6 Å². The van der Waals surface area contributed by atoms with Crippen LogP contribution < -0.4 is 0 Å². The first kappa shape index (κ1) is 29.9. The number of thioether (sulfide) groups is 2. The summed E-state index contributed by atoms with van der Waals surface area (Å²) < 4.78 is 25.3. The van der Waals surface area contributed by atoms with Crippen LogP contribution in [-0.4, -0.2) is 55.2 Å². The fraction of sp³-hybridized carbons (Fsp3) is 1.00. The number of hydrogen-bond acceptors (Lipinski definition) is 6. The average molecular weight is 500 g/mol. The highest BCUT2D eigenvalue weighted by Gasteiger charge is 2.49. The molecule has 0 bridgehead atoms. The van der Waals surface area contributed by atoms with Crippen LogP contribution in [0, 0.1) is 0 Å². The molecule has 2 fully saturated rings. The standard InChI is InChI=1S/C25H50B2O4S2/c1-5-9-11-13-15-17-19-32-25(33-20-18-16-14-12-10-6-2)24-23(30-27(8-4)31-24)22-21-28-26(7-3)29-22/h22-25H,5-21H2,1-4H3. The number of unbranched alkanes of at least 4 members (excludes halogenated alkanes) is 10. The molecule has 0 saturated carbocycles. The second kappa shape index (κ2) is 18.9. The van der Waals surface area contributed by atoms with E-state index in [9.17, 15) is 0 Å². The van der Waals surface area contributed by atoms with Gasteiger partial charge in [0.15, 0.2) is 0 Å². The van der Waals surface area contributed by atoms with Gasteiger partial charge < -0.3 is 18.6 Å². The highest BCUT2D eigenvalue weighted by Crippen LogP contribution is 2.38. The molecular weight excluding hydrogens is 450 g/mol. The van der Waals surface area contributed by atoms with Gasteiger partial charge in [-0.3, -0.25) is 0 Å². The summed E-state index contributed by atoms with van der Waals surface area (Å²) in [4.78, 5) is 0. The Bertz CT molecular complexity index is 460. The summed E-state index contributed by atoms with van der Waals surface area (Å²) in [6.45, 7) is 9.45. The van der Waals surface area contributed by atoms with E-state index in [1.165, 1.54) is 88.6 Å². The molecule has 2 rings (SSSR count). The summed E-state index contributed by atoms with van der Waals surface area (Å²) >= 11 is 4.20.